The Kier molecular flexibility index (Phi) is 3.15. The zero-order valence-corrected chi connectivity index (χ0v) is 12.6. The first-order valence-corrected chi connectivity index (χ1v) is 7.76. The van der Waals surface area contributed by atoms with E-state index in [2.05, 4.69) is 0 Å². The third-order valence-corrected chi connectivity index (χ3v) is 4.60. The molecule has 2 aromatic rings. The van der Waals surface area contributed by atoms with E-state index < -0.39 is 0 Å². The number of nitrogens with zero attached hydrogens (tertiary/aromatic N) is 2. The highest BCUT2D eigenvalue weighted by molar-refractivity contribution is 6.03. The van der Waals surface area contributed by atoms with Crippen LogP contribution in [0, 0.1) is 0 Å². The Morgan fingerprint density at radius 3 is 2.26 bits per heavy atom. The maximum Gasteiger partial charge on any atom is 0.254 e. The minimum Gasteiger partial charge on any atom is -0.334 e. The van der Waals surface area contributed by atoms with Crippen LogP contribution in [0.15, 0.2) is 42.5 Å². The van der Waals surface area contributed by atoms with E-state index in [0.717, 1.165) is 10.8 Å². The molecule has 2 fully saturated rings. The van der Waals surface area contributed by atoms with Crippen LogP contribution in [0.4, 0.5) is 0 Å². The highest BCUT2D eigenvalue weighted by Crippen LogP contribution is 2.24. The Balaban J connectivity index is 1.48. The van der Waals surface area contributed by atoms with Crippen LogP contribution in [0.1, 0.15) is 23.2 Å². The van der Waals surface area contributed by atoms with E-state index in [1.54, 1.807) is 4.90 Å². The van der Waals surface area contributed by atoms with Gasteiger partial charge in [-0.3, -0.25) is 19.3 Å². The highest BCUT2D eigenvalue weighted by Gasteiger charge is 2.42. The first kappa shape index (κ1) is 13.9. The van der Waals surface area contributed by atoms with E-state index in [1.165, 1.54) is 4.90 Å². The van der Waals surface area contributed by atoms with E-state index in [4.69, 9.17) is 0 Å². The van der Waals surface area contributed by atoms with Gasteiger partial charge in [0.1, 0.15) is 0 Å². The quantitative estimate of drug-likeness (QED) is 0.795. The molecule has 2 aliphatic heterocycles. The monoisotopic (exact) mass is 308 g/mol. The lowest BCUT2D eigenvalue weighted by molar-refractivity contribution is -0.144. The number of rotatable bonds is 2. The molecule has 116 valence electrons. The van der Waals surface area contributed by atoms with Gasteiger partial charge in [-0.15, -0.1) is 0 Å². The second kappa shape index (κ2) is 5.19. The maximum atomic E-state index is 12.5. The van der Waals surface area contributed by atoms with Crippen molar-refractivity contribution in [1.82, 2.24) is 9.80 Å². The van der Waals surface area contributed by atoms with Crippen molar-refractivity contribution in [3.05, 3.63) is 48.0 Å². The van der Waals surface area contributed by atoms with Gasteiger partial charge in [0.05, 0.1) is 6.04 Å². The summed E-state index contributed by atoms with van der Waals surface area (Å²) in [4.78, 5) is 39.0. The minimum atomic E-state index is -0.151. The summed E-state index contributed by atoms with van der Waals surface area (Å²) in [6.07, 6.45) is 0.599. The molecule has 0 unspecified atom stereocenters. The molecule has 0 saturated carbocycles. The molecule has 0 N–H and O–H groups in total. The maximum absolute atomic E-state index is 12.5. The Morgan fingerprint density at radius 1 is 0.913 bits per heavy atom. The lowest BCUT2D eigenvalue weighted by Gasteiger charge is -2.43. The molecule has 0 bridgehead atoms. The number of carbonyl (C=O) groups excluding carboxylic acids is 3. The van der Waals surface area contributed by atoms with Gasteiger partial charge in [0, 0.05) is 31.5 Å². The summed E-state index contributed by atoms with van der Waals surface area (Å²) in [5, 5.41) is 2.12. The molecular weight excluding hydrogens is 292 g/mol. The summed E-state index contributed by atoms with van der Waals surface area (Å²) in [6.45, 7) is 0.867. The van der Waals surface area contributed by atoms with Gasteiger partial charge in [-0.25, -0.2) is 0 Å². The molecular formula is C18H16N2O3. The Morgan fingerprint density at radius 2 is 1.57 bits per heavy atom. The van der Waals surface area contributed by atoms with Crippen LogP contribution in [0.25, 0.3) is 10.8 Å². The normalized spacial score (nSPS) is 18.6. The molecule has 2 heterocycles. The van der Waals surface area contributed by atoms with Gasteiger partial charge in [0.2, 0.25) is 11.8 Å². The Bertz CT molecular complexity index is 808. The molecule has 0 aliphatic carbocycles. The van der Waals surface area contributed by atoms with Crippen molar-refractivity contribution in [3.8, 4) is 0 Å². The van der Waals surface area contributed by atoms with Crippen LogP contribution in [-0.4, -0.2) is 46.7 Å². The third-order valence-electron chi connectivity index (χ3n) is 4.60. The lowest BCUT2D eigenvalue weighted by atomic mass is 10.0. The number of fused-ring (bicyclic) bond motifs is 1. The minimum absolute atomic E-state index is 0.0499. The van der Waals surface area contributed by atoms with E-state index in [1.807, 2.05) is 42.5 Å². The summed E-state index contributed by atoms with van der Waals surface area (Å²) in [7, 11) is 0. The van der Waals surface area contributed by atoms with Gasteiger partial charge < -0.3 is 4.90 Å². The van der Waals surface area contributed by atoms with Crippen molar-refractivity contribution < 1.29 is 14.4 Å². The van der Waals surface area contributed by atoms with E-state index in [9.17, 15) is 14.4 Å². The molecule has 5 nitrogen and oxygen atoms in total. The van der Waals surface area contributed by atoms with E-state index >= 15 is 0 Å². The number of hydrogen-bond acceptors (Lipinski definition) is 3. The van der Waals surface area contributed by atoms with Gasteiger partial charge in [-0.2, -0.15) is 0 Å². The fourth-order valence-electron chi connectivity index (χ4n) is 3.29. The van der Waals surface area contributed by atoms with Crippen molar-refractivity contribution in [2.75, 3.05) is 13.1 Å². The summed E-state index contributed by atoms with van der Waals surface area (Å²) < 4.78 is 0. The summed E-state index contributed by atoms with van der Waals surface area (Å²) >= 11 is 0. The number of hydrogen-bond donors (Lipinski definition) is 0. The standard InChI is InChI=1S/C18H16N2O3/c21-16-7-8-17(22)20(16)15-10-19(11-15)18(23)14-6-5-12-3-1-2-4-13(12)9-14/h1-6,9,15H,7-8,10-11H2. The van der Waals surface area contributed by atoms with Crippen LogP contribution in [0.3, 0.4) is 0 Å². The molecule has 2 aliphatic rings. The van der Waals surface area contributed by atoms with Crippen molar-refractivity contribution in [2.24, 2.45) is 0 Å². The zero-order chi connectivity index (χ0) is 16.0. The second-order valence-electron chi connectivity index (χ2n) is 6.08. The largest absolute Gasteiger partial charge is 0.334 e. The predicted octanol–water partition coefficient (Wildman–Crippen LogP) is 1.81. The van der Waals surface area contributed by atoms with Gasteiger partial charge in [0.25, 0.3) is 5.91 Å². The SMILES string of the molecule is O=C(c1ccc2ccccc2c1)N1CC(N2C(=O)CCC2=O)C1. The lowest BCUT2D eigenvalue weighted by Crippen LogP contribution is -2.62. The molecule has 0 radical (unpaired) electrons. The van der Waals surface area contributed by atoms with Crippen molar-refractivity contribution in [3.63, 3.8) is 0 Å². The van der Waals surface area contributed by atoms with Crippen molar-refractivity contribution >= 4 is 28.5 Å². The number of carbonyl (C=O) groups is 3. The summed E-state index contributed by atoms with van der Waals surface area (Å²) in [5.74, 6) is -0.276. The van der Waals surface area contributed by atoms with Crippen LogP contribution in [0.2, 0.25) is 0 Å². The topological polar surface area (TPSA) is 57.7 Å². The Labute approximate surface area is 133 Å². The van der Waals surface area contributed by atoms with Crippen LogP contribution >= 0.6 is 0 Å². The van der Waals surface area contributed by atoms with Gasteiger partial charge in [-0.1, -0.05) is 30.3 Å². The smallest absolute Gasteiger partial charge is 0.254 e. The van der Waals surface area contributed by atoms with Crippen molar-refractivity contribution in [1.29, 1.82) is 0 Å². The fourth-order valence-corrected chi connectivity index (χ4v) is 3.29. The molecule has 2 saturated heterocycles. The molecule has 3 amide bonds. The van der Waals surface area contributed by atoms with Crippen LogP contribution in [-0.2, 0) is 9.59 Å². The highest BCUT2D eigenvalue weighted by atomic mass is 16.2. The number of imide groups is 1. The van der Waals surface area contributed by atoms with Gasteiger partial charge in [0.15, 0.2) is 0 Å². The van der Waals surface area contributed by atoms with E-state index in [0.29, 0.717) is 31.5 Å². The summed E-state index contributed by atoms with van der Waals surface area (Å²) in [6, 6.07) is 13.4. The predicted molar refractivity (Wildman–Crippen MR) is 84.7 cm³/mol. The molecule has 5 heteroatoms. The number of amides is 3. The fraction of sp³-hybridized carbons (Fsp3) is 0.278. The van der Waals surface area contributed by atoms with Gasteiger partial charge in [-0.05, 0) is 22.9 Å². The molecule has 0 spiro atoms. The molecule has 4 rings (SSSR count). The van der Waals surface area contributed by atoms with Gasteiger partial charge >= 0.3 is 0 Å². The summed E-state index contributed by atoms with van der Waals surface area (Å²) in [5.41, 5.74) is 0.640. The average molecular weight is 308 g/mol. The first-order chi connectivity index (χ1) is 11.1. The van der Waals surface area contributed by atoms with Crippen LogP contribution in [0.5, 0.6) is 0 Å². The number of likely N-dealkylation sites (tertiary alicyclic amines) is 2. The second-order valence-corrected chi connectivity index (χ2v) is 6.08. The average Bonchev–Trinajstić information content (AvgIpc) is 2.85. The molecule has 0 aromatic heterocycles. The zero-order valence-electron chi connectivity index (χ0n) is 12.6. The van der Waals surface area contributed by atoms with E-state index in [-0.39, 0.29) is 23.8 Å². The molecule has 2 aromatic carbocycles. The van der Waals surface area contributed by atoms with Crippen LogP contribution < -0.4 is 0 Å². The molecule has 23 heavy (non-hydrogen) atoms. The third kappa shape index (κ3) is 2.29. The number of benzene rings is 2. The molecule has 0 atom stereocenters. The first-order valence-electron chi connectivity index (χ1n) is 7.76. The Hall–Kier alpha value is -2.69. The van der Waals surface area contributed by atoms with Crippen molar-refractivity contribution in [2.45, 2.75) is 18.9 Å².